The van der Waals surface area contributed by atoms with E-state index in [1.54, 1.807) is 30.3 Å². The average molecular weight is 308 g/mol. The highest BCUT2D eigenvalue weighted by atomic mass is 19.4. The fraction of sp³-hybridized carbons (Fsp3) is 0.188. The SMILES string of the molecule is Nc1cccc(C(=O)NCCc2cccc(C(F)(F)F)c2)c1. The molecule has 22 heavy (non-hydrogen) atoms. The third-order valence-corrected chi connectivity index (χ3v) is 3.10. The van der Waals surface area contributed by atoms with E-state index in [1.165, 1.54) is 6.07 Å². The van der Waals surface area contributed by atoms with Crippen LogP contribution in [0, 0.1) is 0 Å². The Morgan fingerprint density at radius 2 is 1.82 bits per heavy atom. The second-order valence-corrected chi connectivity index (χ2v) is 4.83. The Bertz CT molecular complexity index is 668. The minimum atomic E-state index is -4.36. The Morgan fingerprint density at radius 3 is 2.50 bits per heavy atom. The normalized spacial score (nSPS) is 11.2. The van der Waals surface area contributed by atoms with Crippen molar-refractivity contribution in [2.45, 2.75) is 12.6 Å². The number of alkyl halides is 3. The number of nitrogen functional groups attached to an aromatic ring is 1. The van der Waals surface area contributed by atoms with Crippen LogP contribution in [0.2, 0.25) is 0 Å². The summed E-state index contributed by atoms with van der Waals surface area (Å²) >= 11 is 0. The van der Waals surface area contributed by atoms with Gasteiger partial charge in [-0.05, 0) is 36.2 Å². The molecule has 1 amide bonds. The quantitative estimate of drug-likeness (QED) is 0.852. The second kappa shape index (κ2) is 6.51. The Labute approximate surface area is 125 Å². The number of nitrogens with one attached hydrogen (secondary N) is 1. The monoisotopic (exact) mass is 308 g/mol. The van der Waals surface area contributed by atoms with Crippen molar-refractivity contribution in [3.63, 3.8) is 0 Å². The molecule has 0 aromatic heterocycles. The van der Waals surface area contributed by atoms with Crippen LogP contribution in [0.25, 0.3) is 0 Å². The summed E-state index contributed by atoms with van der Waals surface area (Å²) in [6.45, 7) is 0.245. The van der Waals surface area contributed by atoms with Gasteiger partial charge in [0.2, 0.25) is 0 Å². The van der Waals surface area contributed by atoms with Gasteiger partial charge in [-0.3, -0.25) is 4.79 Å². The molecule has 3 N–H and O–H groups in total. The van der Waals surface area contributed by atoms with E-state index in [0.29, 0.717) is 23.2 Å². The highest BCUT2D eigenvalue weighted by Gasteiger charge is 2.30. The number of halogens is 3. The van der Waals surface area contributed by atoms with Crippen LogP contribution in [-0.2, 0) is 12.6 Å². The molecule has 0 aliphatic rings. The molecule has 0 unspecified atom stereocenters. The fourth-order valence-electron chi connectivity index (χ4n) is 2.01. The number of hydrogen-bond donors (Lipinski definition) is 2. The molecule has 116 valence electrons. The number of amides is 1. The molecule has 2 aromatic carbocycles. The molecule has 0 spiro atoms. The molecule has 0 saturated heterocycles. The van der Waals surface area contributed by atoms with Gasteiger partial charge < -0.3 is 11.1 Å². The van der Waals surface area contributed by atoms with Gasteiger partial charge in [-0.15, -0.1) is 0 Å². The zero-order valence-corrected chi connectivity index (χ0v) is 11.7. The topological polar surface area (TPSA) is 55.1 Å². The molecule has 2 aromatic rings. The van der Waals surface area contributed by atoms with Crippen molar-refractivity contribution in [2.24, 2.45) is 0 Å². The van der Waals surface area contributed by atoms with Gasteiger partial charge in [-0.2, -0.15) is 13.2 Å². The van der Waals surface area contributed by atoms with E-state index in [1.807, 2.05) is 0 Å². The predicted octanol–water partition coefficient (Wildman–Crippen LogP) is 3.26. The summed E-state index contributed by atoms with van der Waals surface area (Å²) in [5, 5.41) is 2.66. The van der Waals surface area contributed by atoms with Crippen LogP contribution in [0.15, 0.2) is 48.5 Å². The molecule has 0 fully saturated rings. The van der Waals surface area contributed by atoms with E-state index >= 15 is 0 Å². The summed E-state index contributed by atoms with van der Waals surface area (Å²) in [6, 6.07) is 11.6. The minimum absolute atomic E-state index is 0.245. The summed E-state index contributed by atoms with van der Waals surface area (Å²) < 4.78 is 37.8. The lowest BCUT2D eigenvalue weighted by Gasteiger charge is -2.09. The van der Waals surface area contributed by atoms with Crippen LogP contribution < -0.4 is 11.1 Å². The third kappa shape index (κ3) is 4.25. The number of carbonyl (C=O) groups is 1. The molecule has 0 saturated carbocycles. The Morgan fingerprint density at radius 1 is 1.09 bits per heavy atom. The van der Waals surface area contributed by atoms with E-state index in [-0.39, 0.29) is 12.5 Å². The van der Waals surface area contributed by atoms with Crippen molar-refractivity contribution in [1.29, 1.82) is 0 Å². The van der Waals surface area contributed by atoms with Crippen molar-refractivity contribution in [1.82, 2.24) is 5.32 Å². The van der Waals surface area contributed by atoms with Crippen molar-refractivity contribution >= 4 is 11.6 Å². The lowest BCUT2D eigenvalue weighted by atomic mass is 10.1. The standard InChI is InChI=1S/C16H15F3N2O/c17-16(18,19)13-5-1-3-11(9-13)7-8-21-15(22)12-4-2-6-14(20)10-12/h1-6,9-10H,7-8,20H2,(H,21,22). The molecule has 0 bridgehead atoms. The van der Waals surface area contributed by atoms with Gasteiger partial charge in [-0.25, -0.2) is 0 Å². The molecule has 0 aliphatic carbocycles. The van der Waals surface area contributed by atoms with Gasteiger partial charge in [0.25, 0.3) is 5.91 Å². The van der Waals surface area contributed by atoms with Crippen LogP contribution in [0.3, 0.4) is 0 Å². The first kappa shape index (κ1) is 15.9. The zero-order chi connectivity index (χ0) is 16.2. The van der Waals surface area contributed by atoms with Gasteiger partial charge in [0, 0.05) is 17.8 Å². The zero-order valence-electron chi connectivity index (χ0n) is 11.7. The van der Waals surface area contributed by atoms with Crippen molar-refractivity contribution in [2.75, 3.05) is 12.3 Å². The van der Waals surface area contributed by atoms with E-state index in [2.05, 4.69) is 5.32 Å². The molecule has 2 rings (SSSR count). The number of nitrogens with two attached hydrogens (primary N) is 1. The second-order valence-electron chi connectivity index (χ2n) is 4.83. The van der Waals surface area contributed by atoms with Crippen LogP contribution in [0.5, 0.6) is 0 Å². The first-order valence-electron chi connectivity index (χ1n) is 6.66. The van der Waals surface area contributed by atoms with E-state index in [9.17, 15) is 18.0 Å². The third-order valence-electron chi connectivity index (χ3n) is 3.10. The number of rotatable bonds is 4. The van der Waals surface area contributed by atoms with Crippen molar-refractivity contribution in [3.8, 4) is 0 Å². The Balaban J connectivity index is 1.93. The van der Waals surface area contributed by atoms with Gasteiger partial charge in [0.1, 0.15) is 0 Å². The maximum atomic E-state index is 12.6. The van der Waals surface area contributed by atoms with Gasteiger partial charge >= 0.3 is 6.18 Å². The van der Waals surface area contributed by atoms with E-state index in [0.717, 1.165) is 12.1 Å². The first-order valence-corrected chi connectivity index (χ1v) is 6.66. The van der Waals surface area contributed by atoms with Crippen LogP contribution in [-0.4, -0.2) is 12.5 Å². The van der Waals surface area contributed by atoms with E-state index < -0.39 is 11.7 Å². The molecule has 0 aliphatic heterocycles. The molecular weight excluding hydrogens is 293 g/mol. The van der Waals surface area contributed by atoms with Gasteiger partial charge in [-0.1, -0.05) is 24.3 Å². The predicted molar refractivity (Wildman–Crippen MR) is 78.3 cm³/mol. The molecule has 3 nitrogen and oxygen atoms in total. The largest absolute Gasteiger partial charge is 0.416 e. The maximum Gasteiger partial charge on any atom is 0.416 e. The van der Waals surface area contributed by atoms with Gasteiger partial charge in [0.05, 0.1) is 5.56 Å². The number of benzene rings is 2. The fourth-order valence-corrected chi connectivity index (χ4v) is 2.01. The van der Waals surface area contributed by atoms with Crippen LogP contribution >= 0.6 is 0 Å². The average Bonchev–Trinajstić information content (AvgIpc) is 2.46. The lowest BCUT2D eigenvalue weighted by molar-refractivity contribution is -0.137. The van der Waals surface area contributed by atoms with Crippen molar-refractivity contribution < 1.29 is 18.0 Å². The highest BCUT2D eigenvalue weighted by Crippen LogP contribution is 2.29. The van der Waals surface area contributed by atoms with Crippen LogP contribution in [0.1, 0.15) is 21.5 Å². The molecule has 0 atom stereocenters. The number of hydrogen-bond acceptors (Lipinski definition) is 2. The first-order chi connectivity index (χ1) is 10.4. The van der Waals surface area contributed by atoms with Gasteiger partial charge in [0.15, 0.2) is 0 Å². The minimum Gasteiger partial charge on any atom is -0.399 e. The summed E-state index contributed by atoms with van der Waals surface area (Å²) in [5.41, 5.74) is 6.31. The van der Waals surface area contributed by atoms with Crippen molar-refractivity contribution in [3.05, 3.63) is 65.2 Å². The highest BCUT2D eigenvalue weighted by molar-refractivity contribution is 5.94. The summed E-state index contributed by atoms with van der Waals surface area (Å²) in [4.78, 5) is 11.9. The summed E-state index contributed by atoms with van der Waals surface area (Å²) in [5.74, 6) is -0.306. The molecular formula is C16H15F3N2O. The summed E-state index contributed by atoms with van der Waals surface area (Å²) in [7, 11) is 0. The van der Waals surface area contributed by atoms with E-state index in [4.69, 9.17) is 5.73 Å². The molecule has 6 heteroatoms. The number of carbonyl (C=O) groups excluding carboxylic acids is 1. The Hall–Kier alpha value is -2.50. The lowest BCUT2D eigenvalue weighted by Crippen LogP contribution is -2.25. The maximum absolute atomic E-state index is 12.6. The molecule has 0 radical (unpaired) electrons. The van der Waals surface area contributed by atoms with Crippen LogP contribution in [0.4, 0.5) is 18.9 Å². The summed E-state index contributed by atoms with van der Waals surface area (Å²) in [6.07, 6.45) is -4.04. The smallest absolute Gasteiger partial charge is 0.399 e. The Kier molecular flexibility index (Phi) is 4.70. The number of anilines is 1. The molecule has 0 heterocycles.